The minimum Gasteiger partial charge on any atom is -0.481 e. The monoisotopic (exact) mass is 487 g/mol. The molecule has 2 aliphatic rings. The summed E-state index contributed by atoms with van der Waals surface area (Å²) in [5, 5.41) is 17.7. The smallest absolute Gasteiger partial charge is 0.304 e. The Balaban J connectivity index is 1.21. The van der Waals surface area contributed by atoms with Gasteiger partial charge < -0.3 is 15.3 Å². The Morgan fingerprint density at radius 1 is 1.22 bits per heavy atom. The summed E-state index contributed by atoms with van der Waals surface area (Å²) < 4.78 is 1.94. The minimum atomic E-state index is -0.751. The van der Waals surface area contributed by atoms with Crippen LogP contribution < -0.4 is 5.32 Å². The number of likely N-dealkylation sites (tertiary alicyclic amines) is 1. The molecule has 0 saturated carbocycles. The van der Waals surface area contributed by atoms with E-state index in [0.29, 0.717) is 5.92 Å². The van der Waals surface area contributed by atoms with Gasteiger partial charge in [0.1, 0.15) is 5.82 Å². The molecule has 0 aliphatic carbocycles. The Labute approximate surface area is 213 Å². The Bertz CT molecular complexity index is 1220. The van der Waals surface area contributed by atoms with E-state index in [1.165, 1.54) is 17.7 Å². The summed E-state index contributed by atoms with van der Waals surface area (Å²) in [4.78, 5) is 19.1. The van der Waals surface area contributed by atoms with Gasteiger partial charge in [-0.15, -0.1) is 0 Å². The maximum atomic E-state index is 11.7. The molecule has 0 amide bonds. The quantitative estimate of drug-likeness (QED) is 0.453. The predicted molar refractivity (Wildman–Crippen MR) is 142 cm³/mol. The van der Waals surface area contributed by atoms with E-state index in [-0.39, 0.29) is 12.3 Å². The van der Waals surface area contributed by atoms with Gasteiger partial charge in [-0.05, 0) is 93.8 Å². The van der Waals surface area contributed by atoms with Crippen molar-refractivity contribution < 1.29 is 9.90 Å². The first-order valence-electron chi connectivity index (χ1n) is 13.2. The lowest BCUT2D eigenvalue weighted by atomic mass is 9.94. The number of aliphatic carboxylic acids is 1. The molecule has 0 unspecified atom stereocenters. The highest BCUT2D eigenvalue weighted by Crippen LogP contribution is 2.29. The zero-order chi connectivity index (χ0) is 25.1. The third-order valence-corrected chi connectivity index (χ3v) is 7.63. The highest BCUT2D eigenvalue weighted by atomic mass is 16.4. The zero-order valence-electron chi connectivity index (χ0n) is 21.4. The predicted octanol–water partition coefficient (Wildman–Crippen LogP) is 4.76. The molecule has 2 N–H and O–H groups in total. The van der Waals surface area contributed by atoms with E-state index in [4.69, 9.17) is 4.98 Å². The largest absolute Gasteiger partial charge is 0.481 e. The Morgan fingerprint density at radius 2 is 2.11 bits per heavy atom. The van der Waals surface area contributed by atoms with E-state index < -0.39 is 5.97 Å². The van der Waals surface area contributed by atoms with Crippen molar-refractivity contribution in [1.82, 2.24) is 19.7 Å². The molecule has 4 heterocycles. The third kappa shape index (κ3) is 5.78. The summed E-state index contributed by atoms with van der Waals surface area (Å²) >= 11 is 0. The number of carbonyl (C=O) groups is 1. The first-order valence-corrected chi connectivity index (χ1v) is 13.2. The van der Waals surface area contributed by atoms with Gasteiger partial charge in [-0.1, -0.05) is 18.2 Å². The van der Waals surface area contributed by atoms with Crippen molar-refractivity contribution in [3.8, 4) is 5.69 Å². The first-order chi connectivity index (χ1) is 17.4. The molecule has 5 rings (SSSR count). The Kier molecular flexibility index (Phi) is 7.37. The molecule has 7 heteroatoms. The minimum absolute atomic E-state index is 0.0495. The van der Waals surface area contributed by atoms with Gasteiger partial charge in [0.25, 0.3) is 0 Å². The molecule has 0 spiro atoms. The molecule has 0 radical (unpaired) electrons. The highest BCUT2D eigenvalue weighted by Gasteiger charge is 2.27. The number of aryl methyl sites for hydroxylation is 4. The van der Waals surface area contributed by atoms with Crippen LogP contribution in [0.1, 0.15) is 59.8 Å². The fourth-order valence-corrected chi connectivity index (χ4v) is 5.79. The molecule has 7 nitrogen and oxygen atoms in total. The Morgan fingerprint density at radius 3 is 2.92 bits per heavy atom. The van der Waals surface area contributed by atoms with Crippen molar-refractivity contribution in [3.63, 3.8) is 0 Å². The molecule has 1 aromatic carbocycles. The van der Waals surface area contributed by atoms with E-state index >= 15 is 0 Å². The highest BCUT2D eigenvalue weighted by molar-refractivity contribution is 5.68. The lowest BCUT2D eigenvalue weighted by Gasteiger charge is -2.24. The second kappa shape index (κ2) is 10.8. The van der Waals surface area contributed by atoms with Gasteiger partial charge in [-0.25, -0.2) is 9.67 Å². The summed E-state index contributed by atoms with van der Waals surface area (Å²) in [5.74, 6) is 0.902. The molecule has 3 aromatic rings. The van der Waals surface area contributed by atoms with Gasteiger partial charge in [0.05, 0.1) is 17.8 Å². The molecule has 2 atom stereocenters. The van der Waals surface area contributed by atoms with Crippen LogP contribution in [0.5, 0.6) is 0 Å². The fourth-order valence-electron chi connectivity index (χ4n) is 5.79. The SMILES string of the molecule is Cc1cc(C)n(-c2cccc([C@@H](CC(=O)O)CN3CC[C@H](CCc4ccc5c(n4)NCCC5)C3)c2)n1. The molecule has 1 saturated heterocycles. The normalized spacial score (nSPS) is 18.6. The molecule has 2 aliphatic heterocycles. The average Bonchev–Trinajstić information content (AvgIpc) is 3.47. The number of pyridine rings is 1. The van der Waals surface area contributed by atoms with Gasteiger partial charge in [-0.3, -0.25) is 4.79 Å². The van der Waals surface area contributed by atoms with E-state index in [1.54, 1.807) is 0 Å². The first kappa shape index (κ1) is 24.5. The second-order valence-corrected chi connectivity index (χ2v) is 10.5. The van der Waals surface area contributed by atoms with Crippen molar-refractivity contribution in [2.45, 2.75) is 58.3 Å². The second-order valence-electron chi connectivity index (χ2n) is 10.5. The van der Waals surface area contributed by atoms with E-state index in [2.05, 4.69) is 45.6 Å². The van der Waals surface area contributed by atoms with Crippen LogP contribution >= 0.6 is 0 Å². The van der Waals surface area contributed by atoms with Crippen LogP contribution in [-0.2, 0) is 17.6 Å². The lowest BCUT2D eigenvalue weighted by molar-refractivity contribution is -0.137. The van der Waals surface area contributed by atoms with Gasteiger partial charge >= 0.3 is 5.97 Å². The Hall–Kier alpha value is -3.19. The van der Waals surface area contributed by atoms with Crippen LogP contribution in [-0.4, -0.2) is 56.9 Å². The number of anilines is 1. The van der Waals surface area contributed by atoms with Gasteiger partial charge in [0.15, 0.2) is 0 Å². The van der Waals surface area contributed by atoms with Crippen LogP contribution in [0, 0.1) is 19.8 Å². The van der Waals surface area contributed by atoms with Crippen LogP contribution in [0.15, 0.2) is 42.5 Å². The number of benzene rings is 1. The van der Waals surface area contributed by atoms with Crippen molar-refractivity contribution >= 4 is 11.8 Å². The van der Waals surface area contributed by atoms with E-state index in [9.17, 15) is 9.90 Å². The van der Waals surface area contributed by atoms with Gasteiger partial charge in [0, 0.05) is 36.9 Å². The maximum absolute atomic E-state index is 11.7. The van der Waals surface area contributed by atoms with Crippen molar-refractivity contribution in [1.29, 1.82) is 0 Å². The summed E-state index contributed by atoms with van der Waals surface area (Å²) in [7, 11) is 0. The topological polar surface area (TPSA) is 83.3 Å². The van der Waals surface area contributed by atoms with Crippen LogP contribution in [0.2, 0.25) is 0 Å². The fraction of sp³-hybridized carbons (Fsp3) is 0.483. The number of nitrogens with one attached hydrogen (secondary N) is 1. The van der Waals surface area contributed by atoms with Crippen molar-refractivity contribution in [2.24, 2.45) is 5.92 Å². The summed E-state index contributed by atoms with van der Waals surface area (Å²) in [6.45, 7) is 7.87. The number of hydrogen-bond donors (Lipinski definition) is 2. The number of carboxylic acid groups (broad SMARTS) is 1. The molecular weight excluding hydrogens is 450 g/mol. The molecule has 2 aromatic heterocycles. The third-order valence-electron chi connectivity index (χ3n) is 7.63. The summed E-state index contributed by atoms with van der Waals surface area (Å²) in [5.41, 5.74) is 6.61. The van der Waals surface area contributed by atoms with Crippen molar-refractivity contribution in [2.75, 3.05) is 31.5 Å². The number of aromatic nitrogens is 3. The average molecular weight is 488 g/mol. The van der Waals surface area contributed by atoms with E-state index in [0.717, 1.165) is 80.3 Å². The zero-order valence-corrected chi connectivity index (χ0v) is 21.4. The number of nitrogens with zero attached hydrogens (tertiary/aromatic N) is 4. The van der Waals surface area contributed by atoms with Gasteiger partial charge in [0.2, 0.25) is 0 Å². The number of carboxylic acids is 1. The molecule has 1 fully saturated rings. The number of fused-ring (bicyclic) bond motifs is 1. The number of hydrogen-bond acceptors (Lipinski definition) is 5. The standard InChI is InChI=1S/C29H37N5O2/c1-20-15-21(2)34(32-20)27-7-3-5-24(16-27)25(17-28(35)36)19-33-14-12-22(18-33)8-10-26-11-9-23-6-4-13-30-29(23)31-26/h3,5,7,9,11,15-16,22,25H,4,6,8,10,12-14,17-19H2,1-2H3,(H,30,31)(H,35,36)/t22-,25-/m0/s1. The van der Waals surface area contributed by atoms with Crippen LogP contribution in [0.25, 0.3) is 5.69 Å². The van der Waals surface area contributed by atoms with Crippen LogP contribution in [0.4, 0.5) is 5.82 Å². The summed E-state index contributed by atoms with van der Waals surface area (Å²) in [6, 6.07) is 14.7. The number of rotatable bonds is 9. The molecule has 0 bridgehead atoms. The van der Waals surface area contributed by atoms with Crippen LogP contribution in [0.3, 0.4) is 0 Å². The lowest BCUT2D eigenvalue weighted by Crippen LogP contribution is -2.28. The summed E-state index contributed by atoms with van der Waals surface area (Å²) in [6.07, 6.45) is 5.72. The molecule has 190 valence electrons. The maximum Gasteiger partial charge on any atom is 0.304 e. The van der Waals surface area contributed by atoms with Crippen molar-refractivity contribution in [3.05, 3.63) is 70.7 Å². The molecular formula is C29H37N5O2. The van der Waals surface area contributed by atoms with Gasteiger partial charge in [-0.2, -0.15) is 5.10 Å². The molecule has 36 heavy (non-hydrogen) atoms. The van der Waals surface area contributed by atoms with E-state index in [1.807, 2.05) is 30.7 Å².